The molecule has 46 heavy (non-hydrogen) atoms. The monoisotopic (exact) mass is 589 g/mol. The van der Waals surface area contributed by atoms with Crippen LogP contribution in [0.4, 0.5) is 0 Å². The maximum absolute atomic E-state index is 6.23. The molecule has 0 radical (unpaired) electrons. The van der Waals surface area contributed by atoms with Crippen LogP contribution >= 0.6 is 0 Å². The molecular weight excluding hydrogens is 566 g/mol. The van der Waals surface area contributed by atoms with Crippen molar-refractivity contribution in [3.05, 3.63) is 140 Å². The normalized spacial score (nSPS) is 11.9. The van der Waals surface area contributed by atoms with Crippen molar-refractivity contribution >= 4 is 65.4 Å². The Labute approximate surface area is 262 Å². The van der Waals surface area contributed by atoms with Crippen molar-refractivity contribution in [2.75, 3.05) is 0 Å². The average molecular weight is 590 g/mol. The predicted molar refractivity (Wildman–Crippen MR) is 186 cm³/mol. The molecule has 3 heterocycles. The van der Waals surface area contributed by atoms with Gasteiger partial charge in [0.25, 0.3) is 0 Å². The molecule has 0 N–H and O–H groups in total. The number of furan rings is 2. The van der Waals surface area contributed by atoms with Crippen LogP contribution in [0.15, 0.2) is 148 Å². The van der Waals surface area contributed by atoms with Crippen molar-refractivity contribution < 1.29 is 8.83 Å². The lowest BCUT2D eigenvalue weighted by Gasteiger charge is -2.11. The van der Waals surface area contributed by atoms with Gasteiger partial charge in [-0.2, -0.15) is 0 Å². The van der Waals surface area contributed by atoms with Crippen LogP contribution in [0.3, 0.4) is 0 Å². The first-order valence-electron chi connectivity index (χ1n) is 15.3. The van der Waals surface area contributed by atoms with Gasteiger partial charge in [0.2, 0.25) is 0 Å². The van der Waals surface area contributed by atoms with Crippen LogP contribution in [0.25, 0.3) is 99.6 Å². The van der Waals surface area contributed by atoms with Gasteiger partial charge in [-0.25, -0.2) is 15.0 Å². The summed E-state index contributed by atoms with van der Waals surface area (Å²) in [5.41, 5.74) is 6.17. The Hall–Kier alpha value is -6.33. The van der Waals surface area contributed by atoms with Crippen molar-refractivity contribution in [2.24, 2.45) is 0 Å². The Morgan fingerprint density at radius 3 is 1.76 bits per heavy atom. The Morgan fingerprint density at radius 2 is 0.935 bits per heavy atom. The summed E-state index contributed by atoms with van der Waals surface area (Å²) >= 11 is 0. The highest BCUT2D eigenvalue weighted by Gasteiger charge is 2.19. The van der Waals surface area contributed by atoms with Gasteiger partial charge < -0.3 is 8.83 Å². The SMILES string of the molecule is c1ccc2c(-c3nc(-c4ccc5c(ccc6oc7ccccc7c65)c4)nc(-c4cccc5oc6ccccc6c45)n3)cccc2c1. The van der Waals surface area contributed by atoms with Gasteiger partial charge in [-0.1, -0.05) is 109 Å². The molecule has 0 amide bonds. The van der Waals surface area contributed by atoms with Gasteiger partial charge >= 0.3 is 0 Å². The first-order chi connectivity index (χ1) is 22.8. The van der Waals surface area contributed by atoms with Crippen LogP contribution in [-0.2, 0) is 0 Å². The van der Waals surface area contributed by atoms with Crippen LogP contribution in [0, 0.1) is 0 Å². The second-order valence-corrected chi connectivity index (χ2v) is 11.6. The second kappa shape index (κ2) is 9.58. The summed E-state index contributed by atoms with van der Waals surface area (Å²) in [5.74, 6) is 1.83. The lowest BCUT2D eigenvalue weighted by molar-refractivity contribution is 0.668. The van der Waals surface area contributed by atoms with Crippen LogP contribution in [0.1, 0.15) is 0 Å². The Balaban J connectivity index is 1.24. The summed E-state index contributed by atoms with van der Waals surface area (Å²) in [6.45, 7) is 0. The van der Waals surface area contributed by atoms with Gasteiger partial charge in [-0.15, -0.1) is 0 Å². The number of hydrogen-bond acceptors (Lipinski definition) is 5. The Morgan fingerprint density at radius 1 is 0.348 bits per heavy atom. The molecule has 0 spiro atoms. The molecule has 10 aromatic rings. The number of nitrogens with zero attached hydrogens (tertiary/aromatic N) is 3. The third-order valence-corrected chi connectivity index (χ3v) is 8.93. The molecule has 0 aliphatic rings. The maximum Gasteiger partial charge on any atom is 0.164 e. The number of aromatic nitrogens is 3. The van der Waals surface area contributed by atoms with Gasteiger partial charge in [-0.05, 0) is 51.9 Å². The van der Waals surface area contributed by atoms with Crippen molar-refractivity contribution in [2.45, 2.75) is 0 Å². The molecule has 0 aliphatic heterocycles. The second-order valence-electron chi connectivity index (χ2n) is 11.6. The standard InChI is InChI=1S/C41H23N3O2/c1-2-11-27-24(9-1)10-7-14-29(27)40-42-39(43-41(44-40)32-15-8-18-35-38(32)31-13-4-6-17-34(31)45-35)26-19-21-28-25(23-26)20-22-36-37(28)30-12-3-5-16-33(30)46-36/h1-23H. The minimum atomic E-state index is 0.599. The zero-order valence-electron chi connectivity index (χ0n) is 24.4. The fourth-order valence-corrected chi connectivity index (χ4v) is 6.82. The highest BCUT2D eigenvalue weighted by molar-refractivity contribution is 6.19. The van der Waals surface area contributed by atoms with Gasteiger partial charge in [0, 0.05) is 38.2 Å². The summed E-state index contributed by atoms with van der Waals surface area (Å²) in [4.78, 5) is 15.4. The molecule has 10 rings (SSSR count). The van der Waals surface area contributed by atoms with Crippen LogP contribution in [0.5, 0.6) is 0 Å². The van der Waals surface area contributed by atoms with E-state index in [1.54, 1.807) is 0 Å². The number of para-hydroxylation sites is 2. The van der Waals surface area contributed by atoms with E-state index in [4.69, 9.17) is 23.8 Å². The minimum absolute atomic E-state index is 0.599. The summed E-state index contributed by atoms with van der Waals surface area (Å²) in [6.07, 6.45) is 0. The van der Waals surface area contributed by atoms with E-state index in [1.165, 1.54) is 0 Å². The van der Waals surface area contributed by atoms with Gasteiger partial charge in [-0.3, -0.25) is 0 Å². The van der Waals surface area contributed by atoms with Crippen molar-refractivity contribution in [3.8, 4) is 34.2 Å². The fraction of sp³-hybridized carbons (Fsp3) is 0. The molecule has 0 atom stereocenters. The van der Waals surface area contributed by atoms with Gasteiger partial charge in [0.05, 0.1) is 0 Å². The lowest BCUT2D eigenvalue weighted by atomic mass is 10.0. The first-order valence-corrected chi connectivity index (χ1v) is 15.3. The topological polar surface area (TPSA) is 65.0 Å². The zero-order chi connectivity index (χ0) is 30.2. The Kier molecular flexibility index (Phi) is 5.22. The molecule has 0 fully saturated rings. The van der Waals surface area contributed by atoms with Gasteiger partial charge in [0.1, 0.15) is 22.3 Å². The molecule has 0 unspecified atom stereocenters. The molecule has 7 aromatic carbocycles. The molecule has 0 saturated carbocycles. The van der Waals surface area contributed by atoms with E-state index in [2.05, 4.69) is 91.0 Å². The first kappa shape index (κ1) is 25.0. The molecule has 0 saturated heterocycles. The largest absolute Gasteiger partial charge is 0.456 e. The van der Waals surface area contributed by atoms with Crippen molar-refractivity contribution in [1.29, 1.82) is 0 Å². The predicted octanol–water partition coefficient (Wildman–Crippen LogP) is 11.0. The van der Waals surface area contributed by atoms with E-state index >= 15 is 0 Å². The number of benzene rings is 7. The molecule has 5 nitrogen and oxygen atoms in total. The quantitative estimate of drug-likeness (QED) is 0.205. The highest BCUT2D eigenvalue weighted by Crippen LogP contribution is 2.39. The average Bonchev–Trinajstić information content (AvgIpc) is 3.70. The number of rotatable bonds is 3. The molecule has 3 aromatic heterocycles. The van der Waals surface area contributed by atoms with E-state index in [1.807, 2.05) is 48.5 Å². The van der Waals surface area contributed by atoms with Crippen LogP contribution in [-0.4, -0.2) is 15.0 Å². The third-order valence-electron chi connectivity index (χ3n) is 8.93. The number of hydrogen-bond donors (Lipinski definition) is 0. The minimum Gasteiger partial charge on any atom is -0.456 e. The maximum atomic E-state index is 6.23. The van der Waals surface area contributed by atoms with Crippen molar-refractivity contribution in [3.63, 3.8) is 0 Å². The van der Waals surface area contributed by atoms with E-state index in [0.29, 0.717) is 17.5 Å². The van der Waals surface area contributed by atoms with Crippen LogP contribution in [0.2, 0.25) is 0 Å². The van der Waals surface area contributed by atoms with Gasteiger partial charge in [0.15, 0.2) is 17.5 Å². The Bertz CT molecular complexity index is 2820. The third kappa shape index (κ3) is 3.72. The van der Waals surface area contributed by atoms with Crippen molar-refractivity contribution in [1.82, 2.24) is 15.0 Å². The highest BCUT2D eigenvalue weighted by atomic mass is 16.3. The van der Waals surface area contributed by atoms with E-state index in [9.17, 15) is 0 Å². The summed E-state index contributed by atoms with van der Waals surface area (Å²) < 4.78 is 12.4. The smallest absolute Gasteiger partial charge is 0.164 e. The molecule has 0 aliphatic carbocycles. The zero-order valence-corrected chi connectivity index (χ0v) is 24.4. The van der Waals surface area contributed by atoms with E-state index in [0.717, 1.165) is 82.1 Å². The molecule has 0 bridgehead atoms. The van der Waals surface area contributed by atoms with E-state index < -0.39 is 0 Å². The van der Waals surface area contributed by atoms with Crippen LogP contribution < -0.4 is 0 Å². The number of fused-ring (bicyclic) bond motifs is 9. The summed E-state index contributed by atoms with van der Waals surface area (Å²) in [6, 6.07) is 47.5. The molecular formula is C41H23N3O2. The van der Waals surface area contributed by atoms with E-state index in [-0.39, 0.29) is 0 Å². The molecule has 214 valence electrons. The summed E-state index contributed by atoms with van der Waals surface area (Å²) in [5, 5.41) is 8.69. The lowest BCUT2D eigenvalue weighted by Crippen LogP contribution is -2.01. The fourth-order valence-electron chi connectivity index (χ4n) is 6.82. The summed E-state index contributed by atoms with van der Waals surface area (Å²) in [7, 11) is 0. The molecule has 5 heteroatoms.